The second-order valence-corrected chi connectivity index (χ2v) is 7.07. The lowest BCUT2D eigenvalue weighted by Crippen LogP contribution is -2.25. The minimum atomic E-state index is -0.202. The maximum atomic E-state index is 12.5. The smallest absolute Gasteiger partial charge is 0.231 e. The van der Waals surface area contributed by atoms with Crippen LogP contribution < -0.4 is 10.1 Å². The molecule has 1 aliphatic rings. The van der Waals surface area contributed by atoms with Gasteiger partial charge < -0.3 is 20.1 Å². The van der Waals surface area contributed by atoms with E-state index in [9.17, 15) is 9.90 Å². The maximum Gasteiger partial charge on any atom is 0.231 e. The van der Waals surface area contributed by atoms with Crippen molar-refractivity contribution in [2.45, 2.75) is 19.3 Å². The summed E-state index contributed by atoms with van der Waals surface area (Å²) < 4.78 is 6.89. The molecule has 2 aromatic carbocycles. The summed E-state index contributed by atoms with van der Waals surface area (Å²) in [4.78, 5) is 20.4. The molecule has 0 aliphatic carbocycles. The van der Waals surface area contributed by atoms with Gasteiger partial charge >= 0.3 is 0 Å². The van der Waals surface area contributed by atoms with E-state index in [0.717, 1.165) is 27.9 Å². The fourth-order valence-electron chi connectivity index (χ4n) is 3.94. The molecule has 8 heteroatoms. The van der Waals surface area contributed by atoms with Crippen LogP contribution in [0.2, 0.25) is 0 Å². The molecule has 2 aromatic heterocycles. The first-order valence-corrected chi connectivity index (χ1v) is 9.26. The van der Waals surface area contributed by atoms with Gasteiger partial charge in [0.1, 0.15) is 5.82 Å². The van der Waals surface area contributed by atoms with Crippen molar-refractivity contribution >= 4 is 22.8 Å². The highest BCUT2D eigenvalue weighted by molar-refractivity contribution is 5.95. The molecule has 0 unspecified atom stereocenters. The number of aromatic nitrogens is 4. The van der Waals surface area contributed by atoms with Gasteiger partial charge in [-0.1, -0.05) is 18.2 Å². The number of nitrogens with zero attached hydrogens (tertiary/aromatic N) is 3. The van der Waals surface area contributed by atoms with Gasteiger partial charge in [-0.2, -0.15) is 9.78 Å². The zero-order valence-corrected chi connectivity index (χ0v) is 15.9. The standard InChI is InChI=1S/C21H19N5O3/c1-11-19-13(12-7-8-16(27)17(9-12)29-2)10-18(28)24-20(19)26(25-11)21-22-14-5-3-4-6-15(14)23-21/h3-9,13,27H,10H2,1-2H3,(H,22,23)(H,24,28)/t13-/m1/s1. The third-order valence-corrected chi connectivity index (χ3v) is 5.29. The molecule has 0 radical (unpaired) electrons. The van der Waals surface area contributed by atoms with Crippen LogP contribution in [0, 0.1) is 6.92 Å². The van der Waals surface area contributed by atoms with Gasteiger partial charge in [0.05, 0.1) is 23.8 Å². The van der Waals surface area contributed by atoms with E-state index >= 15 is 0 Å². The molecule has 1 aliphatic heterocycles. The maximum absolute atomic E-state index is 12.5. The Labute approximate surface area is 166 Å². The molecular formula is C21H19N5O3. The molecule has 8 nitrogen and oxygen atoms in total. The predicted molar refractivity (Wildman–Crippen MR) is 108 cm³/mol. The average Bonchev–Trinajstić information content (AvgIpc) is 3.29. The number of phenolic OH excluding ortho intramolecular Hbond substituents is 1. The summed E-state index contributed by atoms with van der Waals surface area (Å²) in [6.45, 7) is 1.92. The SMILES string of the molecule is COc1cc([C@H]2CC(=O)Nc3c2c(C)nn3-c2nc3ccccc3[nH]2)ccc1O. The lowest BCUT2D eigenvalue weighted by atomic mass is 9.85. The number of hydrogen-bond acceptors (Lipinski definition) is 5. The van der Waals surface area contributed by atoms with Crippen LogP contribution >= 0.6 is 0 Å². The van der Waals surface area contributed by atoms with E-state index < -0.39 is 0 Å². The number of nitrogens with one attached hydrogen (secondary N) is 2. The molecule has 0 spiro atoms. The fraction of sp³-hybridized carbons (Fsp3) is 0.190. The van der Waals surface area contributed by atoms with Crippen LogP contribution in [0.15, 0.2) is 42.5 Å². The van der Waals surface area contributed by atoms with Gasteiger partial charge in [0.25, 0.3) is 0 Å². The number of carbonyl (C=O) groups excluding carboxylic acids is 1. The number of H-pyrrole nitrogens is 1. The third kappa shape index (κ3) is 2.72. The quantitative estimate of drug-likeness (QED) is 0.499. The van der Waals surface area contributed by atoms with E-state index in [0.29, 0.717) is 17.5 Å². The molecule has 29 heavy (non-hydrogen) atoms. The van der Waals surface area contributed by atoms with Crippen molar-refractivity contribution in [1.29, 1.82) is 0 Å². The first-order valence-electron chi connectivity index (χ1n) is 9.26. The van der Waals surface area contributed by atoms with Crippen molar-refractivity contribution < 1.29 is 14.6 Å². The Kier molecular flexibility index (Phi) is 3.80. The summed E-state index contributed by atoms with van der Waals surface area (Å²) in [5, 5.41) is 17.5. The minimum Gasteiger partial charge on any atom is -0.504 e. The van der Waals surface area contributed by atoms with E-state index in [1.54, 1.807) is 16.8 Å². The zero-order valence-electron chi connectivity index (χ0n) is 15.9. The van der Waals surface area contributed by atoms with Crippen LogP contribution in [0.3, 0.4) is 0 Å². The van der Waals surface area contributed by atoms with Gasteiger partial charge in [0, 0.05) is 17.9 Å². The van der Waals surface area contributed by atoms with Crippen molar-refractivity contribution in [3.05, 3.63) is 59.3 Å². The number of imidazole rings is 1. The summed E-state index contributed by atoms with van der Waals surface area (Å²) in [5.41, 5.74) is 4.33. The third-order valence-electron chi connectivity index (χ3n) is 5.29. The molecule has 3 N–H and O–H groups in total. The molecule has 1 atom stereocenters. The van der Waals surface area contributed by atoms with Gasteiger partial charge in [0.15, 0.2) is 11.5 Å². The second-order valence-electron chi connectivity index (χ2n) is 7.07. The number of amides is 1. The zero-order chi connectivity index (χ0) is 20.1. The van der Waals surface area contributed by atoms with Crippen LogP contribution in [0.4, 0.5) is 5.82 Å². The fourth-order valence-corrected chi connectivity index (χ4v) is 3.94. The molecule has 3 heterocycles. The number of fused-ring (bicyclic) bond motifs is 2. The molecule has 1 amide bonds. The monoisotopic (exact) mass is 389 g/mol. The highest BCUT2D eigenvalue weighted by atomic mass is 16.5. The van der Waals surface area contributed by atoms with E-state index in [-0.39, 0.29) is 24.0 Å². The number of para-hydroxylation sites is 2. The Bertz CT molecular complexity index is 1220. The van der Waals surface area contributed by atoms with E-state index in [1.165, 1.54) is 7.11 Å². The van der Waals surface area contributed by atoms with Crippen molar-refractivity contribution in [3.8, 4) is 17.4 Å². The molecular weight excluding hydrogens is 370 g/mol. The van der Waals surface area contributed by atoms with Crippen LogP contribution in [-0.2, 0) is 4.79 Å². The average molecular weight is 389 g/mol. The Hall–Kier alpha value is -3.81. The van der Waals surface area contributed by atoms with Gasteiger partial charge in [-0.15, -0.1) is 0 Å². The van der Waals surface area contributed by atoms with Crippen LogP contribution in [0.1, 0.15) is 29.2 Å². The van der Waals surface area contributed by atoms with E-state index in [4.69, 9.17) is 4.74 Å². The number of hydrogen-bond donors (Lipinski definition) is 3. The summed E-state index contributed by atoms with van der Waals surface area (Å²) >= 11 is 0. The molecule has 0 fully saturated rings. The van der Waals surface area contributed by atoms with Crippen molar-refractivity contribution in [3.63, 3.8) is 0 Å². The van der Waals surface area contributed by atoms with Gasteiger partial charge in [-0.25, -0.2) is 4.98 Å². The van der Waals surface area contributed by atoms with E-state index in [1.807, 2.05) is 37.3 Å². The van der Waals surface area contributed by atoms with Crippen molar-refractivity contribution in [2.24, 2.45) is 0 Å². The normalized spacial score (nSPS) is 15.9. The number of carbonyl (C=O) groups is 1. The number of benzene rings is 2. The van der Waals surface area contributed by atoms with Crippen LogP contribution in [-0.4, -0.2) is 37.9 Å². The summed E-state index contributed by atoms with van der Waals surface area (Å²) in [7, 11) is 1.50. The summed E-state index contributed by atoms with van der Waals surface area (Å²) in [5.74, 6) is 1.27. The Balaban J connectivity index is 1.66. The number of methoxy groups -OCH3 is 1. The van der Waals surface area contributed by atoms with Gasteiger partial charge in [0.2, 0.25) is 11.9 Å². The molecule has 0 saturated carbocycles. The molecule has 4 aromatic rings. The number of aromatic amines is 1. The highest BCUT2D eigenvalue weighted by Crippen LogP contribution is 2.42. The number of rotatable bonds is 3. The minimum absolute atomic E-state index is 0.0615. The number of anilines is 1. The Morgan fingerprint density at radius 2 is 2.07 bits per heavy atom. The van der Waals surface area contributed by atoms with Gasteiger partial charge in [-0.05, 0) is 36.8 Å². The van der Waals surface area contributed by atoms with Crippen LogP contribution in [0.25, 0.3) is 17.0 Å². The largest absolute Gasteiger partial charge is 0.504 e. The van der Waals surface area contributed by atoms with Gasteiger partial charge in [-0.3, -0.25) is 4.79 Å². The number of phenols is 1. The first kappa shape index (κ1) is 17.3. The Morgan fingerprint density at radius 1 is 1.24 bits per heavy atom. The topological polar surface area (TPSA) is 105 Å². The van der Waals surface area contributed by atoms with Crippen LogP contribution in [0.5, 0.6) is 11.5 Å². The summed E-state index contributed by atoms with van der Waals surface area (Å²) in [6, 6.07) is 12.9. The van der Waals surface area contributed by atoms with Crippen molar-refractivity contribution in [2.75, 3.05) is 12.4 Å². The molecule has 5 rings (SSSR count). The highest BCUT2D eigenvalue weighted by Gasteiger charge is 2.33. The predicted octanol–water partition coefficient (Wildman–Crippen LogP) is 3.25. The number of ether oxygens (including phenoxy) is 1. The summed E-state index contributed by atoms with van der Waals surface area (Å²) in [6.07, 6.45) is 0.285. The first-order chi connectivity index (χ1) is 14.0. The van der Waals surface area contributed by atoms with Crippen molar-refractivity contribution in [1.82, 2.24) is 19.7 Å². The number of aromatic hydroxyl groups is 1. The number of aryl methyl sites for hydroxylation is 1. The second kappa shape index (κ2) is 6.37. The Morgan fingerprint density at radius 3 is 2.86 bits per heavy atom. The molecule has 146 valence electrons. The molecule has 0 bridgehead atoms. The lowest BCUT2D eigenvalue weighted by Gasteiger charge is -2.24. The lowest BCUT2D eigenvalue weighted by molar-refractivity contribution is -0.116. The van der Waals surface area contributed by atoms with E-state index in [2.05, 4.69) is 20.4 Å². The molecule has 0 saturated heterocycles.